The fourth-order valence-corrected chi connectivity index (χ4v) is 2.67. The summed E-state index contributed by atoms with van der Waals surface area (Å²) in [6, 6.07) is 17.5. The van der Waals surface area contributed by atoms with Gasteiger partial charge in [-0.15, -0.1) is 0 Å². The van der Waals surface area contributed by atoms with Gasteiger partial charge in [-0.3, -0.25) is 0 Å². The van der Waals surface area contributed by atoms with Crippen LogP contribution < -0.4 is 5.73 Å². The average Bonchev–Trinajstić information content (AvgIpc) is 2.82. The van der Waals surface area contributed by atoms with Gasteiger partial charge in [-0.05, 0) is 47.2 Å². The van der Waals surface area contributed by atoms with E-state index in [0.717, 1.165) is 32.7 Å². The number of nitrogen functional groups attached to an aromatic ring is 1. The van der Waals surface area contributed by atoms with Crippen LogP contribution >= 0.6 is 0 Å². The zero-order chi connectivity index (χ0) is 13.7. The lowest BCUT2D eigenvalue weighted by atomic mass is 10.0. The Labute approximate surface area is 114 Å². The molecule has 2 N–H and O–H groups in total. The van der Waals surface area contributed by atoms with Crippen molar-refractivity contribution in [1.82, 2.24) is 0 Å². The van der Waals surface area contributed by atoms with Gasteiger partial charge < -0.3 is 10.2 Å². The second-order valence-corrected chi connectivity index (χ2v) is 4.84. The van der Waals surface area contributed by atoms with Crippen molar-refractivity contribution in [2.75, 3.05) is 5.73 Å². The summed E-state index contributed by atoms with van der Waals surface area (Å²) in [5.41, 5.74) is 9.00. The normalized spacial score (nSPS) is 11.2. The Hall–Kier alpha value is -2.99. The minimum Gasteiger partial charge on any atom is -0.456 e. The van der Waals surface area contributed by atoms with E-state index in [0.29, 0.717) is 11.3 Å². The third-order valence-electron chi connectivity index (χ3n) is 3.62. The minimum atomic E-state index is 0.646. The van der Waals surface area contributed by atoms with Crippen molar-refractivity contribution < 1.29 is 4.42 Å². The van der Waals surface area contributed by atoms with Crippen molar-refractivity contribution in [2.24, 2.45) is 0 Å². The molecule has 0 unspecified atom stereocenters. The second kappa shape index (κ2) is 3.75. The summed E-state index contributed by atoms with van der Waals surface area (Å²) in [5, 5.41) is 13.0. The van der Waals surface area contributed by atoms with E-state index < -0.39 is 0 Å². The Balaban J connectivity index is 2.20. The lowest BCUT2D eigenvalue weighted by Gasteiger charge is -1.99. The zero-order valence-corrected chi connectivity index (χ0v) is 10.6. The molecule has 0 atom stereocenters. The highest BCUT2D eigenvalue weighted by Gasteiger charge is 2.10. The van der Waals surface area contributed by atoms with E-state index in [2.05, 4.69) is 12.1 Å². The number of anilines is 1. The highest BCUT2D eigenvalue weighted by Crippen LogP contribution is 2.35. The first kappa shape index (κ1) is 10.9. The van der Waals surface area contributed by atoms with Crippen molar-refractivity contribution >= 4 is 38.4 Å². The molecule has 0 aliphatic carbocycles. The van der Waals surface area contributed by atoms with E-state index in [1.807, 2.05) is 42.5 Å². The Morgan fingerprint density at radius 3 is 2.70 bits per heavy atom. The summed E-state index contributed by atoms with van der Waals surface area (Å²) in [4.78, 5) is 0. The van der Waals surface area contributed by atoms with Crippen LogP contribution in [0.2, 0.25) is 0 Å². The van der Waals surface area contributed by atoms with Crippen LogP contribution in [0.15, 0.2) is 52.9 Å². The van der Waals surface area contributed by atoms with E-state index in [1.165, 1.54) is 0 Å². The van der Waals surface area contributed by atoms with E-state index >= 15 is 0 Å². The number of nitriles is 1. The predicted molar refractivity (Wildman–Crippen MR) is 80.4 cm³/mol. The summed E-state index contributed by atoms with van der Waals surface area (Å²) in [6.07, 6.45) is 0. The molecule has 0 bridgehead atoms. The maximum atomic E-state index is 8.97. The van der Waals surface area contributed by atoms with E-state index in [9.17, 15) is 0 Å². The Morgan fingerprint density at radius 1 is 0.950 bits per heavy atom. The molecule has 0 spiro atoms. The number of hydrogen-bond donors (Lipinski definition) is 1. The topological polar surface area (TPSA) is 63.0 Å². The molecule has 20 heavy (non-hydrogen) atoms. The Kier molecular flexibility index (Phi) is 2.04. The van der Waals surface area contributed by atoms with Crippen LogP contribution in [-0.2, 0) is 0 Å². The van der Waals surface area contributed by atoms with Gasteiger partial charge in [0.15, 0.2) is 0 Å². The largest absolute Gasteiger partial charge is 0.456 e. The molecule has 0 saturated carbocycles. The quantitative estimate of drug-likeness (QED) is 0.481. The number of furan rings is 1. The molecule has 0 amide bonds. The lowest BCUT2D eigenvalue weighted by molar-refractivity contribution is 0.669. The summed E-state index contributed by atoms with van der Waals surface area (Å²) in [5.74, 6) is 0. The third-order valence-corrected chi connectivity index (χ3v) is 3.62. The number of fused-ring (bicyclic) bond motifs is 4. The van der Waals surface area contributed by atoms with Gasteiger partial charge >= 0.3 is 0 Å². The molecule has 0 aliphatic rings. The first-order valence-electron chi connectivity index (χ1n) is 6.31. The van der Waals surface area contributed by atoms with E-state index in [1.54, 1.807) is 0 Å². The molecule has 0 radical (unpaired) electrons. The number of nitrogens with two attached hydrogens (primary N) is 1. The molecular formula is C17H10N2O. The maximum Gasteiger partial charge on any atom is 0.137 e. The molecule has 94 valence electrons. The molecule has 4 rings (SSSR count). The fourth-order valence-electron chi connectivity index (χ4n) is 2.67. The van der Waals surface area contributed by atoms with Gasteiger partial charge in [-0.1, -0.05) is 12.1 Å². The SMILES string of the molecule is N#Cc1ccc2cc3c(cc2c1)oc1cccc(N)c13. The van der Waals surface area contributed by atoms with Gasteiger partial charge in [-0.2, -0.15) is 5.26 Å². The summed E-state index contributed by atoms with van der Waals surface area (Å²) in [7, 11) is 0. The molecule has 3 aromatic carbocycles. The second-order valence-electron chi connectivity index (χ2n) is 4.84. The van der Waals surface area contributed by atoms with Crippen LogP contribution in [0, 0.1) is 11.3 Å². The maximum absolute atomic E-state index is 8.97. The van der Waals surface area contributed by atoms with Gasteiger partial charge in [0.2, 0.25) is 0 Å². The molecule has 3 heteroatoms. The molecular weight excluding hydrogens is 248 g/mol. The van der Waals surface area contributed by atoms with Crippen molar-refractivity contribution in [3.63, 3.8) is 0 Å². The number of hydrogen-bond acceptors (Lipinski definition) is 3. The standard InChI is InChI=1S/C17H10N2O/c18-9-10-4-5-11-7-13-16(8-12(11)6-10)20-15-3-1-2-14(19)17(13)15/h1-8H,19H2. The first-order valence-corrected chi connectivity index (χ1v) is 6.31. The van der Waals surface area contributed by atoms with Crippen molar-refractivity contribution in [3.8, 4) is 6.07 Å². The molecule has 1 aromatic heterocycles. The highest BCUT2D eigenvalue weighted by molar-refractivity contribution is 6.14. The Morgan fingerprint density at radius 2 is 1.85 bits per heavy atom. The van der Waals surface area contributed by atoms with Crippen LogP contribution in [0.5, 0.6) is 0 Å². The third kappa shape index (κ3) is 1.39. The molecule has 1 heterocycles. The van der Waals surface area contributed by atoms with Crippen LogP contribution in [0.4, 0.5) is 5.69 Å². The van der Waals surface area contributed by atoms with Crippen molar-refractivity contribution in [2.45, 2.75) is 0 Å². The van der Waals surface area contributed by atoms with Crippen molar-refractivity contribution in [1.29, 1.82) is 5.26 Å². The number of rotatable bonds is 0. The molecule has 0 fully saturated rings. The van der Waals surface area contributed by atoms with Gasteiger partial charge in [0.1, 0.15) is 11.2 Å². The van der Waals surface area contributed by atoms with Crippen LogP contribution in [0.25, 0.3) is 32.7 Å². The Bertz CT molecular complexity index is 1020. The van der Waals surface area contributed by atoms with E-state index in [4.69, 9.17) is 15.4 Å². The van der Waals surface area contributed by atoms with Crippen LogP contribution in [0.1, 0.15) is 5.56 Å². The molecule has 3 nitrogen and oxygen atoms in total. The number of nitrogens with zero attached hydrogens (tertiary/aromatic N) is 1. The summed E-state index contributed by atoms with van der Waals surface area (Å²) >= 11 is 0. The van der Waals surface area contributed by atoms with Gasteiger partial charge in [0.05, 0.1) is 17.0 Å². The monoisotopic (exact) mass is 258 g/mol. The average molecular weight is 258 g/mol. The molecule has 0 saturated heterocycles. The van der Waals surface area contributed by atoms with E-state index in [-0.39, 0.29) is 0 Å². The minimum absolute atomic E-state index is 0.646. The fraction of sp³-hybridized carbons (Fsp3) is 0. The zero-order valence-electron chi connectivity index (χ0n) is 10.6. The van der Waals surface area contributed by atoms with Crippen molar-refractivity contribution in [3.05, 3.63) is 54.1 Å². The van der Waals surface area contributed by atoms with Gasteiger partial charge in [-0.25, -0.2) is 0 Å². The predicted octanol–water partition coefficient (Wildman–Crippen LogP) is 4.19. The molecule has 0 aliphatic heterocycles. The highest BCUT2D eigenvalue weighted by atomic mass is 16.3. The summed E-state index contributed by atoms with van der Waals surface area (Å²) in [6.45, 7) is 0. The van der Waals surface area contributed by atoms with Crippen LogP contribution in [-0.4, -0.2) is 0 Å². The number of benzene rings is 3. The lowest BCUT2D eigenvalue weighted by Crippen LogP contribution is -1.84. The van der Waals surface area contributed by atoms with Gasteiger partial charge in [0.25, 0.3) is 0 Å². The van der Waals surface area contributed by atoms with Gasteiger partial charge in [0, 0.05) is 11.1 Å². The smallest absolute Gasteiger partial charge is 0.137 e. The molecule has 4 aromatic rings. The summed E-state index contributed by atoms with van der Waals surface area (Å²) < 4.78 is 5.85. The first-order chi connectivity index (χ1) is 9.76. The van der Waals surface area contributed by atoms with Crippen LogP contribution in [0.3, 0.4) is 0 Å².